The molecule has 7 nitrogen and oxygen atoms in total. The van der Waals surface area contributed by atoms with Gasteiger partial charge < -0.3 is 10.5 Å². The fourth-order valence-corrected chi connectivity index (χ4v) is 3.52. The highest BCUT2D eigenvalue weighted by molar-refractivity contribution is 7.90. The van der Waals surface area contributed by atoms with Gasteiger partial charge in [-0.05, 0) is 37.9 Å². The molecule has 8 heteroatoms. The van der Waals surface area contributed by atoms with E-state index in [0.717, 1.165) is 25.5 Å². The normalized spacial score (nSPS) is 22.2. The summed E-state index contributed by atoms with van der Waals surface area (Å²) >= 11 is 0. The van der Waals surface area contributed by atoms with E-state index in [4.69, 9.17) is 10.5 Å². The largest absolute Gasteiger partial charge is 0.483 e. The van der Waals surface area contributed by atoms with Gasteiger partial charge in [0.05, 0.1) is 4.92 Å². The number of para-hydroxylation sites is 1. The third-order valence-electron chi connectivity index (χ3n) is 3.71. The van der Waals surface area contributed by atoms with E-state index in [2.05, 4.69) is 0 Å². The second kappa shape index (κ2) is 5.98. The Balaban J connectivity index is 2.42. The van der Waals surface area contributed by atoms with Gasteiger partial charge in [0.1, 0.15) is 11.0 Å². The summed E-state index contributed by atoms with van der Waals surface area (Å²) in [6, 6.07) is 4.10. The van der Waals surface area contributed by atoms with E-state index in [1.165, 1.54) is 18.2 Å². The van der Waals surface area contributed by atoms with Crippen LogP contribution < -0.4 is 10.5 Å². The predicted octanol–water partition coefficient (Wildman–Crippen LogP) is 1.50. The molecule has 1 saturated carbocycles. The second-order valence-corrected chi connectivity index (χ2v) is 7.20. The molecule has 0 bridgehead atoms. The maximum absolute atomic E-state index is 11.7. The van der Waals surface area contributed by atoms with E-state index in [-0.39, 0.29) is 22.7 Å². The van der Waals surface area contributed by atoms with Crippen LogP contribution in [0.1, 0.15) is 19.3 Å². The Labute approximate surface area is 123 Å². The van der Waals surface area contributed by atoms with Crippen molar-refractivity contribution in [1.29, 1.82) is 0 Å². The lowest BCUT2D eigenvalue weighted by atomic mass is 10.1. The standard InChI is InChI=1S/C13H18N2O5S/c1-21(18,19)12-7-3-6-11(13(12)15(16)17)20-10-5-2-4-9(10)8-14/h3,6-7,9-10H,2,4-5,8,14H2,1H3. The second-order valence-electron chi connectivity index (χ2n) is 5.22. The summed E-state index contributed by atoms with van der Waals surface area (Å²) in [5.41, 5.74) is 5.17. The molecule has 1 aliphatic carbocycles. The van der Waals surface area contributed by atoms with Crippen LogP contribution >= 0.6 is 0 Å². The maximum Gasteiger partial charge on any atom is 0.329 e. The van der Waals surface area contributed by atoms with Gasteiger partial charge in [0.15, 0.2) is 15.6 Å². The number of ether oxygens (including phenoxy) is 1. The van der Waals surface area contributed by atoms with E-state index in [0.29, 0.717) is 6.54 Å². The average Bonchev–Trinajstić information content (AvgIpc) is 2.84. The summed E-state index contributed by atoms with van der Waals surface area (Å²) in [6.07, 6.45) is 3.37. The highest BCUT2D eigenvalue weighted by atomic mass is 32.2. The summed E-state index contributed by atoms with van der Waals surface area (Å²) in [7, 11) is -3.70. The van der Waals surface area contributed by atoms with Crippen LogP contribution in [0.2, 0.25) is 0 Å². The van der Waals surface area contributed by atoms with Crippen molar-refractivity contribution < 1.29 is 18.1 Å². The smallest absolute Gasteiger partial charge is 0.329 e. The van der Waals surface area contributed by atoms with Gasteiger partial charge in [-0.15, -0.1) is 0 Å². The molecular weight excluding hydrogens is 296 g/mol. The molecule has 2 atom stereocenters. The van der Waals surface area contributed by atoms with Gasteiger partial charge in [0.2, 0.25) is 0 Å². The Morgan fingerprint density at radius 2 is 2.14 bits per heavy atom. The molecule has 0 saturated heterocycles. The molecule has 0 radical (unpaired) electrons. The SMILES string of the molecule is CS(=O)(=O)c1cccc(OC2CCCC2CN)c1[N+](=O)[O-]. The average molecular weight is 314 g/mol. The molecule has 1 aromatic rings. The zero-order valence-corrected chi connectivity index (χ0v) is 12.5. The summed E-state index contributed by atoms with van der Waals surface area (Å²) < 4.78 is 29.1. The number of benzene rings is 1. The molecule has 2 unspecified atom stereocenters. The minimum absolute atomic E-state index is 0.00623. The number of nitro groups is 1. The summed E-state index contributed by atoms with van der Waals surface area (Å²) in [5.74, 6) is 0.139. The molecule has 21 heavy (non-hydrogen) atoms. The third-order valence-corrected chi connectivity index (χ3v) is 4.84. The summed E-state index contributed by atoms with van der Waals surface area (Å²) in [6.45, 7) is 0.449. The quantitative estimate of drug-likeness (QED) is 0.651. The molecule has 1 aromatic carbocycles. The number of hydrogen-bond donors (Lipinski definition) is 1. The van der Waals surface area contributed by atoms with E-state index < -0.39 is 20.4 Å². The molecule has 2 rings (SSSR count). The third kappa shape index (κ3) is 3.33. The molecule has 2 N–H and O–H groups in total. The van der Waals surface area contributed by atoms with Crippen molar-refractivity contribution in [2.75, 3.05) is 12.8 Å². The van der Waals surface area contributed by atoms with E-state index in [1.807, 2.05) is 0 Å². The molecule has 0 aliphatic heterocycles. The Hall–Kier alpha value is -1.67. The lowest BCUT2D eigenvalue weighted by Gasteiger charge is -2.20. The van der Waals surface area contributed by atoms with E-state index >= 15 is 0 Å². The molecule has 0 heterocycles. The van der Waals surface area contributed by atoms with E-state index in [1.54, 1.807) is 0 Å². The first-order chi connectivity index (χ1) is 9.84. The molecule has 0 aromatic heterocycles. The van der Waals surface area contributed by atoms with Gasteiger partial charge in [0.25, 0.3) is 0 Å². The van der Waals surface area contributed by atoms with Gasteiger partial charge in [0, 0.05) is 12.2 Å². The van der Waals surface area contributed by atoms with Crippen molar-refractivity contribution in [3.05, 3.63) is 28.3 Å². The molecular formula is C13H18N2O5S. The fourth-order valence-electron chi connectivity index (χ4n) is 2.67. The lowest BCUT2D eigenvalue weighted by molar-refractivity contribution is -0.389. The van der Waals surface area contributed by atoms with Gasteiger partial charge in [-0.2, -0.15) is 0 Å². The first-order valence-electron chi connectivity index (χ1n) is 6.68. The van der Waals surface area contributed by atoms with Crippen LogP contribution in [0.4, 0.5) is 5.69 Å². The van der Waals surface area contributed by atoms with Crippen molar-refractivity contribution in [3.8, 4) is 5.75 Å². The van der Waals surface area contributed by atoms with Crippen molar-refractivity contribution >= 4 is 15.5 Å². The maximum atomic E-state index is 11.7. The van der Waals surface area contributed by atoms with Gasteiger partial charge in [-0.3, -0.25) is 10.1 Å². The zero-order valence-electron chi connectivity index (χ0n) is 11.7. The molecule has 1 aliphatic rings. The van der Waals surface area contributed by atoms with Crippen LogP contribution in [0.5, 0.6) is 5.75 Å². The number of hydrogen-bond acceptors (Lipinski definition) is 6. The zero-order chi connectivity index (χ0) is 15.6. The lowest BCUT2D eigenvalue weighted by Crippen LogP contribution is -2.28. The van der Waals surface area contributed by atoms with Crippen LogP contribution in [0.25, 0.3) is 0 Å². The number of rotatable bonds is 5. The highest BCUT2D eigenvalue weighted by Crippen LogP contribution is 2.37. The van der Waals surface area contributed by atoms with Crippen LogP contribution in [0.15, 0.2) is 23.1 Å². The minimum Gasteiger partial charge on any atom is -0.483 e. The van der Waals surface area contributed by atoms with Crippen LogP contribution in [0.3, 0.4) is 0 Å². The minimum atomic E-state index is -3.70. The van der Waals surface area contributed by atoms with Crippen LogP contribution in [0, 0.1) is 16.0 Å². The Morgan fingerprint density at radius 1 is 1.43 bits per heavy atom. The predicted molar refractivity (Wildman–Crippen MR) is 77.0 cm³/mol. The van der Waals surface area contributed by atoms with E-state index in [9.17, 15) is 18.5 Å². The molecule has 0 spiro atoms. The first kappa shape index (κ1) is 15.7. The Kier molecular flexibility index (Phi) is 4.48. The molecule has 1 fully saturated rings. The number of sulfone groups is 1. The number of nitrogens with zero attached hydrogens (tertiary/aromatic N) is 1. The highest BCUT2D eigenvalue weighted by Gasteiger charge is 2.32. The van der Waals surface area contributed by atoms with Crippen molar-refractivity contribution in [2.24, 2.45) is 11.7 Å². The van der Waals surface area contributed by atoms with Gasteiger partial charge in [-0.1, -0.05) is 6.07 Å². The van der Waals surface area contributed by atoms with Crippen LogP contribution in [-0.2, 0) is 9.84 Å². The van der Waals surface area contributed by atoms with Crippen LogP contribution in [-0.4, -0.2) is 32.2 Å². The Morgan fingerprint density at radius 3 is 2.71 bits per heavy atom. The Bertz CT molecular complexity index is 644. The van der Waals surface area contributed by atoms with Gasteiger partial charge >= 0.3 is 5.69 Å². The molecule has 116 valence electrons. The summed E-state index contributed by atoms with van der Waals surface area (Å²) in [4.78, 5) is 10.2. The number of nitro benzene ring substituents is 1. The monoisotopic (exact) mass is 314 g/mol. The summed E-state index contributed by atoms with van der Waals surface area (Å²) in [5, 5.41) is 11.3. The number of nitrogens with two attached hydrogens (primary N) is 1. The molecule has 0 amide bonds. The van der Waals surface area contributed by atoms with Gasteiger partial charge in [-0.25, -0.2) is 8.42 Å². The fraction of sp³-hybridized carbons (Fsp3) is 0.538. The van der Waals surface area contributed by atoms with Crippen molar-refractivity contribution in [3.63, 3.8) is 0 Å². The topological polar surface area (TPSA) is 113 Å². The van der Waals surface area contributed by atoms with Crippen molar-refractivity contribution in [2.45, 2.75) is 30.3 Å². The first-order valence-corrected chi connectivity index (χ1v) is 8.58. The van der Waals surface area contributed by atoms with Crippen molar-refractivity contribution in [1.82, 2.24) is 0 Å².